The van der Waals surface area contributed by atoms with Gasteiger partial charge < -0.3 is 9.64 Å². The van der Waals surface area contributed by atoms with Crippen LogP contribution in [-0.4, -0.2) is 54.7 Å². The van der Waals surface area contributed by atoms with E-state index >= 15 is 0 Å². The molecular weight excluding hydrogens is 351 g/mol. The molecule has 0 bridgehead atoms. The molecule has 0 saturated carbocycles. The number of hydrogen-bond donors (Lipinski definition) is 1. The van der Waals surface area contributed by atoms with Crippen LogP contribution in [0.25, 0.3) is 5.57 Å². The van der Waals surface area contributed by atoms with E-state index in [9.17, 15) is 22.8 Å². The van der Waals surface area contributed by atoms with Gasteiger partial charge in [0.25, 0.3) is 0 Å². The fourth-order valence-electron chi connectivity index (χ4n) is 2.05. The maximum Gasteiger partial charge on any atom is 0.419 e. The fourth-order valence-corrected chi connectivity index (χ4v) is 2.05. The molecule has 0 aliphatic rings. The summed E-state index contributed by atoms with van der Waals surface area (Å²) in [6.45, 7) is 4.90. The zero-order valence-corrected chi connectivity index (χ0v) is 15.3. The molecule has 9 heteroatoms. The molecule has 0 unspecified atom stereocenters. The Labute approximate surface area is 150 Å². The van der Waals surface area contributed by atoms with Gasteiger partial charge in [-0.15, -0.1) is 0 Å². The third kappa shape index (κ3) is 6.83. The highest BCUT2D eigenvalue weighted by atomic mass is 19.4. The first-order valence-electron chi connectivity index (χ1n) is 7.70. The molecular formula is C17H22F3N3O3. The Hall–Kier alpha value is -2.42. The van der Waals surface area contributed by atoms with Crippen molar-refractivity contribution in [2.24, 2.45) is 0 Å². The number of carbonyl (C=O) groups excluding carboxylic acids is 2. The quantitative estimate of drug-likeness (QED) is 0.632. The Morgan fingerprint density at radius 3 is 2.38 bits per heavy atom. The molecule has 26 heavy (non-hydrogen) atoms. The second-order valence-electron chi connectivity index (χ2n) is 6.80. The number of hydrogen-bond acceptors (Lipinski definition) is 5. The average Bonchev–Trinajstić information content (AvgIpc) is 2.43. The van der Waals surface area contributed by atoms with Crippen molar-refractivity contribution < 1.29 is 27.5 Å². The summed E-state index contributed by atoms with van der Waals surface area (Å²) in [5.41, 5.74) is -2.11. The van der Waals surface area contributed by atoms with E-state index in [-0.39, 0.29) is 29.8 Å². The highest BCUT2D eigenvalue weighted by Crippen LogP contribution is 2.32. The standard InChI is InChI=1S/C17H22F3N3O3/c1-16(2,3)26-15(25)22-14-8-11(6-7-21-14)12(9-23(4)5)13(10-24)17(18,19)20/h6-8,10H,9H2,1-5H3,(H,21,22,25). The van der Waals surface area contributed by atoms with Gasteiger partial charge in [0.1, 0.15) is 17.0 Å². The first kappa shape index (κ1) is 21.6. The Kier molecular flexibility index (Phi) is 6.91. The lowest BCUT2D eigenvalue weighted by atomic mass is 10.0. The molecule has 0 fully saturated rings. The van der Waals surface area contributed by atoms with E-state index in [1.54, 1.807) is 34.9 Å². The van der Waals surface area contributed by atoms with Crippen LogP contribution in [0.3, 0.4) is 0 Å². The zero-order chi connectivity index (χ0) is 20.1. The molecule has 0 aromatic carbocycles. The van der Waals surface area contributed by atoms with E-state index < -0.39 is 23.4 Å². The molecule has 1 amide bonds. The molecule has 0 radical (unpaired) electrons. The van der Waals surface area contributed by atoms with Crippen LogP contribution in [-0.2, 0) is 9.53 Å². The minimum Gasteiger partial charge on any atom is -0.444 e. The van der Waals surface area contributed by atoms with Crippen molar-refractivity contribution >= 4 is 23.8 Å². The number of nitrogens with one attached hydrogen (secondary N) is 1. The lowest BCUT2D eigenvalue weighted by Gasteiger charge is -2.20. The number of pyridine rings is 1. The summed E-state index contributed by atoms with van der Waals surface area (Å²) in [6, 6.07) is 2.60. The van der Waals surface area contributed by atoms with Crippen molar-refractivity contribution in [2.45, 2.75) is 32.5 Å². The van der Waals surface area contributed by atoms with Crippen LogP contribution < -0.4 is 5.32 Å². The number of likely N-dealkylation sites (N-methyl/N-ethyl adjacent to an activating group) is 1. The average molecular weight is 373 g/mol. The predicted molar refractivity (Wildman–Crippen MR) is 91.7 cm³/mol. The maximum atomic E-state index is 13.2. The molecule has 0 atom stereocenters. The summed E-state index contributed by atoms with van der Waals surface area (Å²) in [7, 11) is 3.17. The van der Waals surface area contributed by atoms with Crippen LogP contribution in [0, 0.1) is 0 Å². The lowest BCUT2D eigenvalue weighted by molar-refractivity contribution is -0.119. The van der Waals surface area contributed by atoms with Crippen LogP contribution in [0.2, 0.25) is 0 Å². The fraction of sp³-hybridized carbons (Fsp3) is 0.471. The van der Waals surface area contributed by atoms with Crippen LogP contribution >= 0.6 is 0 Å². The van der Waals surface area contributed by atoms with Crippen molar-refractivity contribution in [2.75, 3.05) is 26.0 Å². The number of allylic oxidation sites excluding steroid dienone is 1. The van der Waals surface area contributed by atoms with Crippen molar-refractivity contribution in [3.05, 3.63) is 29.5 Å². The first-order valence-corrected chi connectivity index (χ1v) is 7.70. The number of anilines is 1. The Morgan fingerprint density at radius 1 is 1.31 bits per heavy atom. The summed E-state index contributed by atoms with van der Waals surface area (Å²) in [4.78, 5) is 28.3. The molecule has 0 spiro atoms. The summed E-state index contributed by atoms with van der Waals surface area (Å²) in [5, 5.41) is 2.36. The highest BCUT2D eigenvalue weighted by molar-refractivity contribution is 5.91. The third-order valence-electron chi connectivity index (χ3n) is 2.96. The van der Waals surface area contributed by atoms with Crippen LogP contribution in [0.15, 0.2) is 23.9 Å². The van der Waals surface area contributed by atoms with Gasteiger partial charge in [-0.3, -0.25) is 10.1 Å². The minimum atomic E-state index is -4.80. The van der Waals surface area contributed by atoms with Gasteiger partial charge in [-0.2, -0.15) is 13.2 Å². The van der Waals surface area contributed by atoms with Crippen molar-refractivity contribution in [3.8, 4) is 0 Å². The molecule has 144 valence electrons. The number of rotatable bonds is 5. The maximum absolute atomic E-state index is 13.2. The molecule has 1 N–H and O–H groups in total. The van der Waals surface area contributed by atoms with Gasteiger partial charge >= 0.3 is 12.3 Å². The number of nitrogens with zero attached hydrogens (tertiary/aromatic N) is 2. The SMILES string of the molecule is CN(C)CC(=C(C=O)C(F)(F)F)c1ccnc(NC(=O)OC(C)(C)C)c1. The van der Waals surface area contributed by atoms with E-state index in [0.717, 1.165) is 0 Å². The van der Waals surface area contributed by atoms with E-state index in [4.69, 9.17) is 4.74 Å². The lowest BCUT2D eigenvalue weighted by Crippen LogP contribution is -2.27. The van der Waals surface area contributed by atoms with E-state index in [2.05, 4.69) is 10.3 Å². The highest BCUT2D eigenvalue weighted by Gasteiger charge is 2.36. The number of aromatic nitrogens is 1. The third-order valence-corrected chi connectivity index (χ3v) is 2.96. The van der Waals surface area contributed by atoms with Crippen molar-refractivity contribution in [1.82, 2.24) is 9.88 Å². The second-order valence-corrected chi connectivity index (χ2v) is 6.80. The van der Waals surface area contributed by atoms with Gasteiger partial charge in [0.2, 0.25) is 0 Å². The Morgan fingerprint density at radius 2 is 1.92 bits per heavy atom. The van der Waals surface area contributed by atoms with E-state index in [0.29, 0.717) is 0 Å². The normalized spacial score (nSPS) is 13.3. The van der Waals surface area contributed by atoms with E-state index in [1.165, 1.54) is 23.2 Å². The van der Waals surface area contributed by atoms with Crippen molar-refractivity contribution in [3.63, 3.8) is 0 Å². The molecule has 0 aliphatic carbocycles. The first-order chi connectivity index (χ1) is 11.8. The van der Waals surface area contributed by atoms with Gasteiger partial charge in [-0.25, -0.2) is 9.78 Å². The predicted octanol–water partition coefficient (Wildman–Crippen LogP) is 3.51. The van der Waals surface area contributed by atoms with Crippen LogP contribution in [0.5, 0.6) is 0 Å². The molecule has 0 aliphatic heterocycles. The van der Waals surface area contributed by atoms with E-state index in [1.807, 2.05) is 0 Å². The zero-order valence-electron chi connectivity index (χ0n) is 15.3. The number of alkyl halides is 3. The number of halogens is 3. The number of amides is 1. The number of aldehydes is 1. The summed E-state index contributed by atoms with van der Waals surface area (Å²) < 4.78 is 44.7. The smallest absolute Gasteiger partial charge is 0.419 e. The molecule has 1 heterocycles. The molecule has 6 nitrogen and oxygen atoms in total. The summed E-state index contributed by atoms with van der Waals surface area (Å²) >= 11 is 0. The summed E-state index contributed by atoms with van der Waals surface area (Å²) in [5.74, 6) is 0.0143. The van der Waals surface area contributed by atoms with Crippen molar-refractivity contribution in [1.29, 1.82) is 0 Å². The van der Waals surface area contributed by atoms with Gasteiger partial charge in [0, 0.05) is 12.7 Å². The van der Waals surface area contributed by atoms with Crippen LogP contribution in [0.4, 0.5) is 23.8 Å². The second kappa shape index (κ2) is 8.31. The van der Waals surface area contributed by atoms with Crippen LogP contribution in [0.1, 0.15) is 26.3 Å². The number of carbonyl (C=O) groups is 2. The number of ether oxygens (including phenoxy) is 1. The largest absolute Gasteiger partial charge is 0.444 e. The Balaban J connectivity index is 3.28. The molecule has 0 saturated heterocycles. The molecule has 1 aromatic heterocycles. The van der Waals surface area contributed by atoms with Gasteiger partial charge in [-0.05, 0) is 58.1 Å². The Bertz CT molecular complexity index is 692. The monoisotopic (exact) mass is 373 g/mol. The van der Waals surface area contributed by atoms with Gasteiger partial charge in [0.15, 0.2) is 6.29 Å². The van der Waals surface area contributed by atoms with Gasteiger partial charge in [-0.1, -0.05) is 0 Å². The summed E-state index contributed by atoms with van der Waals surface area (Å²) in [6.07, 6.45) is -4.54. The minimum absolute atomic E-state index is 0.0143. The van der Waals surface area contributed by atoms with Gasteiger partial charge in [0.05, 0.1) is 0 Å². The molecule has 1 rings (SSSR count). The topological polar surface area (TPSA) is 71.5 Å². The molecule has 1 aromatic rings.